The lowest BCUT2D eigenvalue weighted by Gasteiger charge is -2.12. The van der Waals surface area contributed by atoms with E-state index >= 15 is 0 Å². The summed E-state index contributed by atoms with van der Waals surface area (Å²) in [6, 6.07) is 7.74. The van der Waals surface area contributed by atoms with Gasteiger partial charge in [-0.05, 0) is 37.6 Å². The van der Waals surface area contributed by atoms with Crippen LogP contribution >= 0.6 is 11.3 Å². The molecule has 3 aromatic heterocycles. The number of carbonyl (C=O) groups is 2. The molecule has 1 fully saturated rings. The first-order chi connectivity index (χ1) is 13.5. The number of rotatable bonds is 5. The van der Waals surface area contributed by atoms with Crippen molar-refractivity contribution in [2.45, 2.75) is 32.7 Å². The Morgan fingerprint density at radius 2 is 2.18 bits per heavy atom. The summed E-state index contributed by atoms with van der Waals surface area (Å²) in [6.07, 6.45) is 2.67. The number of amides is 2. The molecule has 0 saturated carbocycles. The lowest BCUT2D eigenvalue weighted by Crippen LogP contribution is -2.27. The smallest absolute Gasteiger partial charge is 0.261 e. The Morgan fingerprint density at radius 3 is 2.89 bits per heavy atom. The summed E-state index contributed by atoms with van der Waals surface area (Å²) >= 11 is 1.49. The summed E-state index contributed by atoms with van der Waals surface area (Å²) in [5.74, 6) is 0.270. The van der Waals surface area contributed by atoms with E-state index in [-0.39, 0.29) is 17.7 Å². The quantitative estimate of drug-likeness (QED) is 0.718. The van der Waals surface area contributed by atoms with Crippen LogP contribution in [0.3, 0.4) is 0 Å². The molecule has 8 heteroatoms. The van der Waals surface area contributed by atoms with E-state index < -0.39 is 0 Å². The van der Waals surface area contributed by atoms with Gasteiger partial charge in [-0.1, -0.05) is 0 Å². The maximum absolute atomic E-state index is 12.2. The lowest BCUT2D eigenvalue weighted by atomic mass is 10.0. The Bertz CT molecular complexity index is 1020. The number of aromatic nitrogens is 3. The molecule has 28 heavy (non-hydrogen) atoms. The fraction of sp³-hybridized carbons (Fsp3) is 0.400. The molecule has 2 amide bonds. The Kier molecular flexibility index (Phi) is 5.13. The van der Waals surface area contributed by atoms with Crippen molar-refractivity contribution < 1.29 is 9.59 Å². The van der Waals surface area contributed by atoms with Gasteiger partial charge >= 0.3 is 0 Å². The normalized spacial score (nSPS) is 16.6. The number of nitrogens with one attached hydrogen (secondary N) is 1. The first-order valence-corrected chi connectivity index (χ1v) is 10.3. The van der Waals surface area contributed by atoms with Crippen LogP contribution in [0.5, 0.6) is 0 Å². The van der Waals surface area contributed by atoms with Crippen LogP contribution in [0.4, 0.5) is 0 Å². The molecule has 4 heterocycles. The second-order valence-electron chi connectivity index (χ2n) is 7.10. The molecule has 0 spiro atoms. The summed E-state index contributed by atoms with van der Waals surface area (Å²) in [7, 11) is 0. The van der Waals surface area contributed by atoms with Gasteiger partial charge in [-0.25, -0.2) is 9.67 Å². The number of likely N-dealkylation sites (tertiary alicyclic amines) is 1. The zero-order chi connectivity index (χ0) is 19.7. The van der Waals surface area contributed by atoms with Crippen molar-refractivity contribution in [3.05, 3.63) is 45.9 Å². The summed E-state index contributed by atoms with van der Waals surface area (Å²) < 4.78 is 1.86. The summed E-state index contributed by atoms with van der Waals surface area (Å²) in [6.45, 7) is 6.09. The number of nitrogens with zero attached hydrogens (tertiary/aromatic N) is 4. The average Bonchev–Trinajstić information content (AvgIpc) is 3.40. The molecule has 1 aliphatic heterocycles. The molecule has 1 aliphatic rings. The van der Waals surface area contributed by atoms with E-state index in [9.17, 15) is 9.59 Å². The Hall–Kier alpha value is -2.74. The third-order valence-corrected chi connectivity index (χ3v) is 6.13. The fourth-order valence-electron chi connectivity index (χ4n) is 3.68. The van der Waals surface area contributed by atoms with Gasteiger partial charge in [0, 0.05) is 48.9 Å². The molecule has 1 N–H and O–H groups in total. The fourth-order valence-corrected chi connectivity index (χ4v) is 4.46. The van der Waals surface area contributed by atoms with E-state index in [1.165, 1.54) is 11.3 Å². The van der Waals surface area contributed by atoms with E-state index in [1.807, 2.05) is 40.8 Å². The standard InChI is InChI=1S/C20H23N5O2S/c1-13-5-6-17(28-13)20(27)22-9-11-25-19-16(4-3-8-21-19)18(23-25)15-7-10-24(12-15)14(2)26/h3-6,8,15H,7,9-12H2,1-2H3,(H,22,27)/t15-/m0/s1. The second-order valence-corrected chi connectivity index (χ2v) is 8.39. The highest BCUT2D eigenvalue weighted by Crippen LogP contribution is 2.31. The zero-order valence-corrected chi connectivity index (χ0v) is 16.8. The molecule has 0 unspecified atom stereocenters. The van der Waals surface area contributed by atoms with Crippen molar-refractivity contribution >= 4 is 34.2 Å². The third-order valence-electron chi connectivity index (χ3n) is 5.13. The van der Waals surface area contributed by atoms with E-state index in [1.54, 1.807) is 13.1 Å². The minimum atomic E-state index is -0.0596. The van der Waals surface area contributed by atoms with Gasteiger partial charge in [0.05, 0.1) is 17.1 Å². The summed E-state index contributed by atoms with van der Waals surface area (Å²) in [5, 5.41) is 8.79. The number of fused-ring (bicyclic) bond motifs is 1. The molecule has 7 nitrogen and oxygen atoms in total. The predicted octanol–water partition coefficient (Wildman–Crippen LogP) is 2.57. The van der Waals surface area contributed by atoms with Crippen LogP contribution in [0.15, 0.2) is 30.5 Å². The monoisotopic (exact) mass is 397 g/mol. The van der Waals surface area contributed by atoms with E-state index in [0.717, 1.165) is 39.4 Å². The van der Waals surface area contributed by atoms with Gasteiger partial charge in [-0.2, -0.15) is 5.10 Å². The molecular weight excluding hydrogens is 374 g/mol. The van der Waals surface area contributed by atoms with Crippen molar-refractivity contribution in [1.29, 1.82) is 0 Å². The highest BCUT2D eigenvalue weighted by Gasteiger charge is 2.29. The van der Waals surface area contributed by atoms with Crippen molar-refractivity contribution in [2.24, 2.45) is 0 Å². The number of pyridine rings is 1. The average molecular weight is 398 g/mol. The lowest BCUT2D eigenvalue weighted by molar-refractivity contribution is -0.127. The molecule has 4 rings (SSSR count). The van der Waals surface area contributed by atoms with E-state index in [2.05, 4.69) is 10.3 Å². The Balaban J connectivity index is 1.49. The van der Waals surface area contributed by atoms with Gasteiger partial charge in [0.15, 0.2) is 5.65 Å². The second kappa shape index (κ2) is 7.71. The van der Waals surface area contributed by atoms with Gasteiger partial charge in [-0.3, -0.25) is 9.59 Å². The SMILES string of the molecule is CC(=O)N1CC[C@H](c2nn(CCNC(=O)c3ccc(C)s3)c3ncccc23)C1. The summed E-state index contributed by atoms with van der Waals surface area (Å²) in [4.78, 5) is 32.1. The van der Waals surface area contributed by atoms with Gasteiger partial charge in [0.1, 0.15) is 0 Å². The van der Waals surface area contributed by atoms with Gasteiger partial charge in [0.25, 0.3) is 5.91 Å². The van der Waals surface area contributed by atoms with Crippen LogP contribution in [-0.2, 0) is 11.3 Å². The van der Waals surface area contributed by atoms with Crippen molar-refractivity contribution in [3.8, 4) is 0 Å². The van der Waals surface area contributed by atoms with E-state index in [4.69, 9.17) is 5.10 Å². The molecule has 0 radical (unpaired) electrons. The maximum atomic E-state index is 12.2. The molecular formula is C20H23N5O2S. The van der Waals surface area contributed by atoms with Crippen LogP contribution < -0.4 is 5.32 Å². The Labute approximate surface area is 167 Å². The van der Waals surface area contributed by atoms with Gasteiger partial charge in [0.2, 0.25) is 5.91 Å². The number of carbonyl (C=O) groups excluding carboxylic acids is 2. The van der Waals surface area contributed by atoms with Crippen LogP contribution in [0.25, 0.3) is 11.0 Å². The van der Waals surface area contributed by atoms with Crippen LogP contribution in [0, 0.1) is 6.92 Å². The molecule has 1 atom stereocenters. The topological polar surface area (TPSA) is 80.1 Å². The molecule has 1 saturated heterocycles. The number of hydrogen-bond acceptors (Lipinski definition) is 5. The molecule has 146 valence electrons. The first kappa shape index (κ1) is 18.6. The van der Waals surface area contributed by atoms with Crippen LogP contribution in [-0.4, -0.2) is 51.1 Å². The molecule has 0 aromatic carbocycles. The highest BCUT2D eigenvalue weighted by atomic mass is 32.1. The van der Waals surface area contributed by atoms with Crippen LogP contribution in [0.2, 0.25) is 0 Å². The largest absolute Gasteiger partial charge is 0.349 e. The molecule has 0 bridgehead atoms. The first-order valence-electron chi connectivity index (χ1n) is 9.44. The molecule has 3 aromatic rings. The zero-order valence-electron chi connectivity index (χ0n) is 16.0. The van der Waals surface area contributed by atoms with E-state index in [0.29, 0.717) is 19.6 Å². The third kappa shape index (κ3) is 3.64. The minimum Gasteiger partial charge on any atom is -0.349 e. The highest BCUT2D eigenvalue weighted by molar-refractivity contribution is 7.13. The maximum Gasteiger partial charge on any atom is 0.261 e. The van der Waals surface area contributed by atoms with Gasteiger partial charge < -0.3 is 10.2 Å². The minimum absolute atomic E-state index is 0.0596. The van der Waals surface area contributed by atoms with Crippen molar-refractivity contribution in [1.82, 2.24) is 25.0 Å². The van der Waals surface area contributed by atoms with Gasteiger partial charge in [-0.15, -0.1) is 11.3 Å². The number of aryl methyl sites for hydroxylation is 1. The van der Waals surface area contributed by atoms with Crippen LogP contribution in [0.1, 0.15) is 39.5 Å². The number of thiophene rings is 1. The van der Waals surface area contributed by atoms with Crippen molar-refractivity contribution in [2.75, 3.05) is 19.6 Å². The van der Waals surface area contributed by atoms with Crippen molar-refractivity contribution in [3.63, 3.8) is 0 Å². The number of hydrogen-bond donors (Lipinski definition) is 1. The predicted molar refractivity (Wildman–Crippen MR) is 109 cm³/mol. The Morgan fingerprint density at radius 1 is 1.32 bits per heavy atom. The summed E-state index contributed by atoms with van der Waals surface area (Å²) in [5.41, 5.74) is 1.81. The molecule has 0 aliphatic carbocycles.